The lowest BCUT2D eigenvalue weighted by atomic mass is 10.2. The Morgan fingerprint density at radius 3 is 2.70 bits per heavy atom. The van der Waals surface area contributed by atoms with Gasteiger partial charge in [-0.1, -0.05) is 18.5 Å². The quantitative estimate of drug-likeness (QED) is 0.944. The molecule has 7 heteroatoms. The first kappa shape index (κ1) is 15.0. The minimum atomic E-state index is -0.229. The molecule has 0 fully saturated rings. The van der Waals surface area contributed by atoms with Crippen LogP contribution in [0.3, 0.4) is 0 Å². The van der Waals surface area contributed by atoms with Crippen LogP contribution in [0, 0.1) is 13.8 Å². The van der Waals surface area contributed by atoms with E-state index in [2.05, 4.69) is 15.4 Å². The van der Waals surface area contributed by atoms with Crippen molar-refractivity contribution < 1.29 is 4.79 Å². The predicted octanol–water partition coefficient (Wildman–Crippen LogP) is 3.03. The molecule has 0 aliphatic heterocycles. The van der Waals surface area contributed by atoms with Gasteiger partial charge in [0.15, 0.2) is 0 Å². The number of nitrogens with one attached hydrogen (secondary N) is 1. The summed E-state index contributed by atoms with van der Waals surface area (Å²) in [5.41, 5.74) is 1.38. The fourth-order valence-corrected chi connectivity index (χ4v) is 3.19. The first-order valence-electron chi connectivity index (χ1n) is 6.36. The van der Waals surface area contributed by atoms with Crippen molar-refractivity contribution in [3.8, 4) is 0 Å². The minimum absolute atomic E-state index is 0.106. The Balaban J connectivity index is 2.20. The van der Waals surface area contributed by atoms with Crippen molar-refractivity contribution in [1.29, 1.82) is 0 Å². The molecule has 2 aromatic rings. The first-order valence-corrected chi connectivity index (χ1v) is 7.55. The number of nitrogens with zero attached hydrogens (tertiary/aromatic N) is 3. The first-order chi connectivity index (χ1) is 9.43. The summed E-state index contributed by atoms with van der Waals surface area (Å²) < 4.78 is 1.47. The van der Waals surface area contributed by atoms with E-state index in [0.717, 1.165) is 17.1 Å². The second-order valence-corrected chi connectivity index (χ2v) is 6.23. The van der Waals surface area contributed by atoms with Gasteiger partial charge in [-0.2, -0.15) is 5.10 Å². The highest BCUT2D eigenvalue weighted by Crippen LogP contribution is 2.25. The van der Waals surface area contributed by atoms with Crippen LogP contribution >= 0.6 is 22.9 Å². The van der Waals surface area contributed by atoms with Crippen molar-refractivity contribution in [2.24, 2.45) is 7.05 Å². The third kappa shape index (κ3) is 2.86. The van der Waals surface area contributed by atoms with E-state index in [9.17, 15) is 4.79 Å². The molecule has 0 saturated carbocycles. The van der Waals surface area contributed by atoms with Crippen LogP contribution < -0.4 is 5.32 Å². The van der Waals surface area contributed by atoms with Crippen molar-refractivity contribution in [3.63, 3.8) is 0 Å². The summed E-state index contributed by atoms with van der Waals surface area (Å²) in [6.07, 6.45) is 2.24. The summed E-state index contributed by atoms with van der Waals surface area (Å²) >= 11 is 7.60. The number of halogens is 1. The van der Waals surface area contributed by atoms with E-state index in [1.807, 2.05) is 20.8 Å². The van der Waals surface area contributed by atoms with Gasteiger partial charge < -0.3 is 5.32 Å². The number of rotatable bonds is 4. The van der Waals surface area contributed by atoms with E-state index in [4.69, 9.17) is 11.6 Å². The average Bonchev–Trinajstić information content (AvgIpc) is 2.90. The number of carbonyl (C=O) groups is 1. The molecule has 20 heavy (non-hydrogen) atoms. The zero-order chi connectivity index (χ0) is 14.9. The van der Waals surface area contributed by atoms with Gasteiger partial charge in [0.05, 0.1) is 23.0 Å². The van der Waals surface area contributed by atoms with Gasteiger partial charge in [-0.05, 0) is 20.3 Å². The van der Waals surface area contributed by atoms with Crippen molar-refractivity contribution in [2.75, 3.05) is 0 Å². The van der Waals surface area contributed by atoms with Crippen LogP contribution in [0.5, 0.6) is 0 Å². The second kappa shape index (κ2) is 5.93. The third-order valence-corrected chi connectivity index (χ3v) is 4.63. The van der Waals surface area contributed by atoms with E-state index in [-0.39, 0.29) is 11.9 Å². The van der Waals surface area contributed by atoms with Gasteiger partial charge in [0.25, 0.3) is 5.91 Å². The molecular formula is C13H17ClN4OS. The maximum atomic E-state index is 12.3. The number of carbonyl (C=O) groups excluding carboxylic acids is 1. The molecule has 0 aliphatic rings. The lowest BCUT2D eigenvalue weighted by Crippen LogP contribution is -2.30. The Bertz CT molecular complexity index is 595. The summed E-state index contributed by atoms with van der Waals surface area (Å²) in [7, 11) is 1.69. The molecule has 1 N–H and O–H groups in total. The molecule has 108 valence electrons. The Morgan fingerprint density at radius 2 is 2.25 bits per heavy atom. The van der Waals surface area contributed by atoms with Gasteiger partial charge >= 0.3 is 0 Å². The molecule has 0 aliphatic carbocycles. The molecule has 0 unspecified atom stereocenters. The maximum Gasteiger partial charge on any atom is 0.271 e. The molecule has 2 rings (SSSR count). The van der Waals surface area contributed by atoms with Crippen LogP contribution in [0.25, 0.3) is 0 Å². The second-order valence-electron chi connectivity index (χ2n) is 4.59. The molecule has 2 heterocycles. The van der Waals surface area contributed by atoms with E-state index in [0.29, 0.717) is 10.7 Å². The van der Waals surface area contributed by atoms with E-state index < -0.39 is 0 Å². The molecule has 1 atom stereocenters. The highest BCUT2D eigenvalue weighted by atomic mass is 35.5. The SMILES string of the molecule is CC[C@H](NC(=O)c1c(Cl)cnn1C)c1nc(C)c(C)s1. The fourth-order valence-electron chi connectivity index (χ4n) is 1.88. The zero-order valence-corrected chi connectivity index (χ0v) is 13.5. The molecule has 5 nitrogen and oxygen atoms in total. The largest absolute Gasteiger partial charge is 0.341 e. The van der Waals surface area contributed by atoms with Crippen LogP contribution in [-0.4, -0.2) is 20.7 Å². The summed E-state index contributed by atoms with van der Waals surface area (Å²) in [4.78, 5) is 18.0. The average molecular weight is 313 g/mol. The number of aromatic nitrogens is 3. The summed E-state index contributed by atoms with van der Waals surface area (Å²) in [6.45, 7) is 6.02. The van der Waals surface area contributed by atoms with E-state index in [1.165, 1.54) is 15.8 Å². The molecule has 0 aromatic carbocycles. The van der Waals surface area contributed by atoms with Crippen LogP contribution in [-0.2, 0) is 7.05 Å². The van der Waals surface area contributed by atoms with Gasteiger partial charge in [0.1, 0.15) is 10.7 Å². The lowest BCUT2D eigenvalue weighted by molar-refractivity contribution is 0.0926. The summed E-state index contributed by atoms with van der Waals surface area (Å²) in [5, 5.41) is 8.22. The predicted molar refractivity (Wildman–Crippen MR) is 80.3 cm³/mol. The van der Waals surface area contributed by atoms with Gasteiger partial charge in [-0.3, -0.25) is 9.48 Å². The smallest absolute Gasteiger partial charge is 0.271 e. The minimum Gasteiger partial charge on any atom is -0.341 e. The molecule has 1 amide bonds. The molecule has 2 aromatic heterocycles. The highest BCUT2D eigenvalue weighted by molar-refractivity contribution is 7.11. The zero-order valence-electron chi connectivity index (χ0n) is 11.9. The van der Waals surface area contributed by atoms with Crippen molar-refractivity contribution in [1.82, 2.24) is 20.1 Å². The summed E-state index contributed by atoms with van der Waals surface area (Å²) in [5.74, 6) is -0.229. The van der Waals surface area contributed by atoms with E-state index in [1.54, 1.807) is 18.4 Å². The topological polar surface area (TPSA) is 59.8 Å². The van der Waals surface area contributed by atoms with Gasteiger partial charge in [-0.25, -0.2) is 4.98 Å². The van der Waals surface area contributed by atoms with Crippen LogP contribution in [0.2, 0.25) is 5.02 Å². The van der Waals surface area contributed by atoms with Crippen LogP contribution in [0.15, 0.2) is 6.20 Å². The maximum absolute atomic E-state index is 12.3. The van der Waals surface area contributed by atoms with Crippen molar-refractivity contribution in [2.45, 2.75) is 33.2 Å². The molecule has 0 saturated heterocycles. The molecular weight excluding hydrogens is 296 g/mol. The molecule has 0 bridgehead atoms. The standard InChI is InChI=1S/C13H17ClN4OS/c1-5-10(13-16-7(2)8(3)20-13)17-12(19)11-9(14)6-15-18(11)4/h6,10H,5H2,1-4H3,(H,17,19)/t10-/m0/s1. The number of aryl methyl sites for hydroxylation is 3. The van der Waals surface area contributed by atoms with Gasteiger partial charge in [-0.15, -0.1) is 11.3 Å². The number of hydrogen-bond donors (Lipinski definition) is 1. The van der Waals surface area contributed by atoms with Gasteiger partial charge in [0.2, 0.25) is 0 Å². The number of thiazole rings is 1. The van der Waals surface area contributed by atoms with Crippen molar-refractivity contribution in [3.05, 3.63) is 32.5 Å². The Hall–Kier alpha value is -1.40. The van der Waals surface area contributed by atoms with E-state index >= 15 is 0 Å². The third-order valence-electron chi connectivity index (χ3n) is 3.17. The molecule has 0 spiro atoms. The Kier molecular flexibility index (Phi) is 4.45. The fraction of sp³-hybridized carbons (Fsp3) is 0.462. The lowest BCUT2D eigenvalue weighted by Gasteiger charge is -2.14. The van der Waals surface area contributed by atoms with Crippen molar-refractivity contribution >= 4 is 28.8 Å². The Morgan fingerprint density at radius 1 is 1.55 bits per heavy atom. The van der Waals surface area contributed by atoms with Gasteiger partial charge in [0, 0.05) is 11.9 Å². The monoisotopic (exact) mass is 312 g/mol. The van der Waals surface area contributed by atoms with Crippen LogP contribution in [0.1, 0.15) is 45.5 Å². The number of amides is 1. The highest BCUT2D eigenvalue weighted by Gasteiger charge is 2.21. The number of hydrogen-bond acceptors (Lipinski definition) is 4. The Labute approximate surface area is 127 Å². The van der Waals surface area contributed by atoms with Crippen LogP contribution in [0.4, 0.5) is 0 Å². The normalized spacial score (nSPS) is 12.4. The molecule has 0 radical (unpaired) electrons. The summed E-state index contributed by atoms with van der Waals surface area (Å²) in [6, 6.07) is -0.106.